The molecule has 3 aromatic heterocycles. The van der Waals surface area contributed by atoms with Crippen molar-refractivity contribution >= 4 is 17.0 Å². The van der Waals surface area contributed by atoms with Crippen LogP contribution in [0.15, 0.2) is 60.8 Å². The van der Waals surface area contributed by atoms with Crippen molar-refractivity contribution in [2.75, 3.05) is 13.7 Å². The number of carbonyl (C=O) groups is 1. The van der Waals surface area contributed by atoms with Crippen molar-refractivity contribution in [1.82, 2.24) is 19.5 Å². The van der Waals surface area contributed by atoms with Gasteiger partial charge in [0.25, 0.3) is 0 Å². The van der Waals surface area contributed by atoms with Gasteiger partial charge in [0, 0.05) is 42.4 Å². The molecule has 0 unspecified atom stereocenters. The first-order valence-electron chi connectivity index (χ1n) is 12.7. The molecule has 2 aromatic carbocycles. The summed E-state index contributed by atoms with van der Waals surface area (Å²) in [6.07, 6.45) is 1.10. The standard InChI is InChI=1S/C30H21F4N5O4/c1-41-8-7-39-27-11-18(30(40)43-34)5-6-25(27)37-28(39)12-19-10-22(32)20(13-21(19)31)24-3-2-4-29(38-24)42-16-26-23(33)9-17(14-35)15-36-26/h2-6,9-11,13,15H,7-8,12,16H2,1H3. The minimum Gasteiger partial charge on any atom is -0.471 e. The summed E-state index contributed by atoms with van der Waals surface area (Å²) >= 11 is 0. The molecule has 0 fully saturated rings. The van der Waals surface area contributed by atoms with E-state index in [0.717, 1.165) is 18.2 Å². The van der Waals surface area contributed by atoms with Gasteiger partial charge in [-0.2, -0.15) is 5.26 Å². The molecule has 13 heteroatoms. The lowest BCUT2D eigenvalue weighted by Gasteiger charge is -2.12. The van der Waals surface area contributed by atoms with Gasteiger partial charge >= 0.3 is 5.97 Å². The normalized spacial score (nSPS) is 11.0. The van der Waals surface area contributed by atoms with E-state index in [1.54, 1.807) is 10.6 Å². The molecular weight excluding hydrogens is 570 g/mol. The molecule has 0 saturated heterocycles. The lowest BCUT2D eigenvalue weighted by Crippen LogP contribution is -2.10. The Morgan fingerprint density at radius 3 is 2.60 bits per heavy atom. The molecule has 0 amide bonds. The van der Waals surface area contributed by atoms with E-state index >= 15 is 8.78 Å². The monoisotopic (exact) mass is 591 g/mol. The summed E-state index contributed by atoms with van der Waals surface area (Å²) in [5, 5.41) is 8.85. The molecule has 0 atom stereocenters. The summed E-state index contributed by atoms with van der Waals surface area (Å²) < 4.78 is 69.7. The Hall–Kier alpha value is -5.35. The maximum Gasteiger partial charge on any atom is 0.379 e. The van der Waals surface area contributed by atoms with Crippen molar-refractivity contribution in [1.29, 1.82) is 5.26 Å². The average Bonchev–Trinajstić information content (AvgIpc) is 3.36. The third-order valence-electron chi connectivity index (χ3n) is 6.54. The van der Waals surface area contributed by atoms with E-state index in [-0.39, 0.29) is 65.7 Å². The molecule has 0 aliphatic heterocycles. The van der Waals surface area contributed by atoms with Crippen molar-refractivity contribution in [3.63, 3.8) is 0 Å². The topological polar surface area (TPSA) is 112 Å². The highest BCUT2D eigenvalue weighted by Gasteiger charge is 2.19. The molecule has 0 bridgehead atoms. The summed E-state index contributed by atoms with van der Waals surface area (Å²) in [6.45, 7) is 0.228. The quantitative estimate of drug-likeness (QED) is 0.192. The number of rotatable bonds is 10. The van der Waals surface area contributed by atoms with Crippen molar-refractivity contribution in [2.24, 2.45) is 0 Å². The molecule has 43 heavy (non-hydrogen) atoms. The highest BCUT2D eigenvalue weighted by Crippen LogP contribution is 2.28. The number of hydrogen-bond donors (Lipinski definition) is 0. The Labute approximate surface area is 241 Å². The second kappa shape index (κ2) is 12.7. The molecule has 218 valence electrons. The molecule has 5 rings (SSSR count). The van der Waals surface area contributed by atoms with E-state index in [1.165, 1.54) is 49.7 Å². The van der Waals surface area contributed by atoms with Crippen LogP contribution in [0.5, 0.6) is 5.88 Å². The second-order valence-corrected chi connectivity index (χ2v) is 9.25. The fourth-order valence-corrected chi connectivity index (χ4v) is 4.42. The summed E-state index contributed by atoms with van der Waals surface area (Å²) in [6, 6.07) is 13.6. The van der Waals surface area contributed by atoms with E-state index in [9.17, 15) is 13.7 Å². The van der Waals surface area contributed by atoms with Crippen molar-refractivity contribution < 1.29 is 36.9 Å². The smallest absolute Gasteiger partial charge is 0.379 e. The molecular formula is C30H21F4N5O4. The molecule has 0 aliphatic rings. The van der Waals surface area contributed by atoms with Crippen LogP contribution in [0, 0.1) is 28.8 Å². The molecule has 5 aromatic rings. The zero-order chi connectivity index (χ0) is 30.5. The van der Waals surface area contributed by atoms with E-state index in [4.69, 9.17) is 14.7 Å². The number of imidazole rings is 1. The lowest BCUT2D eigenvalue weighted by molar-refractivity contribution is -0.0787. The average molecular weight is 592 g/mol. The fourth-order valence-electron chi connectivity index (χ4n) is 4.42. The number of methoxy groups -OCH3 is 1. The predicted octanol–water partition coefficient (Wildman–Crippen LogP) is 5.64. The van der Waals surface area contributed by atoms with Crippen LogP contribution in [0.25, 0.3) is 22.3 Å². The third-order valence-corrected chi connectivity index (χ3v) is 6.54. The Bertz CT molecular complexity index is 1870. The SMILES string of the molecule is COCCn1c(Cc2cc(F)c(-c3cccc(OCc4ncc(C#N)cc4F)n3)cc2F)nc2ccc(C(=O)OF)cc21. The van der Waals surface area contributed by atoms with Crippen LogP contribution < -0.4 is 4.74 Å². The zero-order valence-corrected chi connectivity index (χ0v) is 22.5. The number of hydrogen-bond acceptors (Lipinski definition) is 8. The Morgan fingerprint density at radius 2 is 1.86 bits per heavy atom. The number of pyridine rings is 2. The highest BCUT2D eigenvalue weighted by atomic mass is 19.3. The van der Waals surface area contributed by atoms with Crippen molar-refractivity contribution in [3.05, 3.63) is 106 Å². The maximum atomic E-state index is 15.4. The third kappa shape index (κ3) is 6.29. The number of ether oxygens (including phenoxy) is 2. The van der Waals surface area contributed by atoms with Crippen LogP contribution in [0.1, 0.15) is 33.0 Å². The zero-order valence-electron chi connectivity index (χ0n) is 22.5. The van der Waals surface area contributed by atoms with Crippen LogP contribution in [0.2, 0.25) is 0 Å². The maximum absolute atomic E-state index is 15.4. The van der Waals surface area contributed by atoms with Gasteiger partial charge in [0.05, 0.1) is 34.5 Å². The molecule has 3 heterocycles. The molecule has 0 spiro atoms. The fraction of sp³-hybridized carbons (Fsp3) is 0.167. The minimum atomic E-state index is -1.17. The number of aromatic nitrogens is 4. The first-order valence-corrected chi connectivity index (χ1v) is 12.7. The van der Waals surface area contributed by atoms with Gasteiger partial charge in [-0.3, -0.25) is 4.98 Å². The van der Waals surface area contributed by atoms with E-state index in [2.05, 4.69) is 19.9 Å². The summed E-state index contributed by atoms with van der Waals surface area (Å²) in [5.74, 6) is -2.99. The van der Waals surface area contributed by atoms with Crippen LogP contribution in [0.3, 0.4) is 0 Å². The van der Waals surface area contributed by atoms with Gasteiger partial charge in [-0.15, -0.1) is 0 Å². The summed E-state index contributed by atoms with van der Waals surface area (Å²) in [5.41, 5.74) is 0.837. The molecule has 0 radical (unpaired) electrons. The van der Waals surface area contributed by atoms with Gasteiger partial charge in [-0.1, -0.05) is 6.07 Å². The van der Waals surface area contributed by atoms with E-state index < -0.39 is 23.4 Å². The van der Waals surface area contributed by atoms with Gasteiger partial charge in [0.15, 0.2) is 0 Å². The summed E-state index contributed by atoms with van der Waals surface area (Å²) in [4.78, 5) is 27.6. The summed E-state index contributed by atoms with van der Waals surface area (Å²) in [7, 11) is 1.49. The first-order chi connectivity index (χ1) is 20.8. The van der Waals surface area contributed by atoms with Crippen LogP contribution >= 0.6 is 0 Å². The number of carbonyl (C=O) groups excluding carboxylic acids is 1. The van der Waals surface area contributed by atoms with E-state index in [1.807, 2.05) is 0 Å². The van der Waals surface area contributed by atoms with Crippen molar-refractivity contribution in [3.8, 4) is 23.2 Å². The largest absolute Gasteiger partial charge is 0.471 e. The predicted molar refractivity (Wildman–Crippen MR) is 144 cm³/mol. The van der Waals surface area contributed by atoms with Gasteiger partial charge in [0.2, 0.25) is 5.88 Å². The number of nitriles is 1. The van der Waals surface area contributed by atoms with Crippen LogP contribution in [-0.2, 0) is 29.3 Å². The van der Waals surface area contributed by atoms with Gasteiger partial charge < -0.3 is 14.0 Å². The lowest BCUT2D eigenvalue weighted by atomic mass is 10.0. The van der Waals surface area contributed by atoms with Gasteiger partial charge in [-0.25, -0.2) is 32.9 Å². The molecule has 0 saturated carbocycles. The Kier molecular flexibility index (Phi) is 8.59. The van der Waals surface area contributed by atoms with Crippen molar-refractivity contribution in [2.45, 2.75) is 19.6 Å². The number of fused-ring (bicyclic) bond motifs is 1. The Morgan fingerprint density at radius 1 is 1.02 bits per heavy atom. The van der Waals surface area contributed by atoms with E-state index in [0.29, 0.717) is 16.9 Å². The van der Waals surface area contributed by atoms with Gasteiger partial charge in [0.1, 0.15) is 41.6 Å². The first kappa shape index (κ1) is 29.2. The molecule has 0 aliphatic carbocycles. The second-order valence-electron chi connectivity index (χ2n) is 9.25. The molecule has 0 N–H and O–H groups in total. The van der Waals surface area contributed by atoms with Gasteiger partial charge in [-0.05, 0) is 48.0 Å². The minimum absolute atomic E-state index is 0.00776. The van der Waals surface area contributed by atoms with Crippen LogP contribution in [-0.4, -0.2) is 39.2 Å². The van der Waals surface area contributed by atoms with Crippen LogP contribution in [0.4, 0.5) is 17.7 Å². The number of benzene rings is 2. The highest BCUT2D eigenvalue weighted by molar-refractivity contribution is 5.93. The number of halogens is 4. The Balaban J connectivity index is 1.40. The number of nitrogens with zero attached hydrogens (tertiary/aromatic N) is 5. The molecule has 9 nitrogen and oxygen atoms in total.